The number of carbonyl (C=O) groups excluding carboxylic acids is 2. The predicted octanol–water partition coefficient (Wildman–Crippen LogP) is 6.83. The third-order valence-electron chi connectivity index (χ3n) is 10.4. The van der Waals surface area contributed by atoms with Crippen molar-refractivity contribution in [3.63, 3.8) is 0 Å². The number of aromatic nitrogens is 1. The molecule has 0 N–H and O–H groups in total. The molecular formula is C33H39NO4. The maximum Gasteiger partial charge on any atom is 0.340 e. The fourth-order valence-electron chi connectivity index (χ4n) is 8.58. The smallest absolute Gasteiger partial charge is 0.340 e. The van der Waals surface area contributed by atoms with Crippen molar-refractivity contribution in [1.29, 1.82) is 0 Å². The molecule has 0 bridgehead atoms. The Kier molecular flexibility index (Phi) is 6.24. The van der Waals surface area contributed by atoms with Crippen molar-refractivity contribution in [2.75, 3.05) is 6.61 Å². The lowest BCUT2D eigenvalue weighted by Crippen LogP contribution is -2.51. The van der Waals surface area contributed by atoms with Gasteiger partial charge in [-0.2, -0.15) is 0 Å². The van der Waals surface area contributed by atoms with Gasteiger partial charge in [-0.15, -0.1) is 0 Å². The van der Waals surface area contributed by atoms with Gasteiger partial charge in [-0.25, -0.2) is 4.79 Å². The Morgan fingerprint density at radius 2 is 1.79 bits per heavy atom. The summed E-state index contributed by atoms with van der Waals surface area (Å²) < 4.78 is 11.1. The number of pyridine rings is 1. The summed E-state index contributed by atoms with van der Waals surface area (Å²) in [6, 6.07) is 12.1. The number of benzene rings is 1. The summed E-state index contributed by atoms with van der Waals surface area (Å²) in [6.45, 7) is 8.60. The van der Waals surface area contributed by atoms with E-state index < -0.39 is 0 Å². The molecule has 0 amide bonds. The van der Waals surface area contributed by atoms with E-state index in [2.05, 4.69) is 26.0 Å². The van der Waals surface area contributed by atoms with E-state index in [-0.39, 0.29) is 28.9 Å². The Morgan fingerprint density at radius 3 is 2.53 bits per heavy atom. The molecule has 1 heterocycles. The maximum absolute atomic E-state index is 13.1. The molecule has 0 aliphatic heterocycles. The largest absolute Gasteiger partial charge is 0.462 e. The first-order chi connectivity index (χ1) is 18.2. The quantitative estimate of drug-likeness (QED) is 0.331. The Hall–Kier alpha value is -2.95. The van der Waals surface area contributed by atoms with Crippen LogP contribution >= 0.6 is 0 Å². The first-order valence-electron chi connectivity index (χ1n) is 14.4. The Bertz CT molecular complexity index is 1300. The standard InChI is InChI=1S/C33H39NO4/c1-5-37-31(36)26-17-22-18-28-25-12-11-23-19-24(38-20(2)35)13-15-32(23,3)27(25)14-16-33(28,4)30(22)34-29(26)21-9-7-6-8-10-21/h6-11,17,24-25,27-28H,5,12-16,18-19H2,1-4H3/t24-,25+,27-,28-,32-,33-/m1/s1. The summed E-state index contributed by atoms with van der Waals surface area (Å²) in [5, 5.41) is 0. The molecule has 2 fully saturated rings. The molecule has 4 aliphatic carbocycles. The average Bonchev–Trinajstić information content (AvgIpc) is 3.20. The van der Waals surface area contributed by atoms with Crippen molar-refractivity contribution in [3.05, 3.63) is 64.9 Å². The fraction of sp³-hybridized carbons (Fsp3) is 0.545. The topological polar surface area (TPSA) is 65.5 Å². The van der Waals surface area contributed by atoms with Gasteiger partial charge < -0.3 is 9.47 Å². The monoisotopic (exact) mass is 513 g/mol. The molecule has 0 radical (unpaired) electrons. The van der Waals surface area contributed by atoms with Gasteiger partial charge in [0.15, 0.2) is 0 Å². The lowest BCUT2D eigenvalue weighted by molar-refractivity contribution is -0.148. The molecule has 0 unspecified atom stereocenters. The minimum Gasteiger partial charge on any atom is -0.462 e. The molecule has 1 aromatic heterocycles. The average molecular weight is 514 g/mol. The van der Waals surface area contributed by atoms with Crippen molar-refractivity contribution in [1.82, 2.24) is 4.98 Å². The van der Waals surface area contributed by atoms with Gasteiger partial charge in [0.25, 0.3) is 0 Å². The summed E-state index contributed by atoms with van der Waals surface area (Å²) in [4.78, 5) is 29.9. The third kappa shape index (κ3) is 3.92. The molecule has 5 nitrogen and oxygen atoms in total. The predicted molar refractivity (Wildman–Crippen MR) is 147 cm³/mol. The first-order valence-corrected chi connectivity index (χ1v) is 14.4. The number of nitrogens with zero attached hydrogens (tertiary/aromatic N) is 1. The highest BCUT2D eigenvalue weighted by Crippen LogP contribution is 2.64. The molecule has 6 rings (SSSR count). The molecule has 5 heteroatoms. The fourth-order valence-corrected chi connectivity index (χ4v) is 8.58. The van der Waals surface area contributed by atoms with Crippen LogP contribution in [0.4, 0.5) is 0 Å². The Labute approximate surface area is 226 Å². The highest BCUT2D eigenvalue weighted by atomic mass is 16.5. The molecule has 38 heavy (non-hydrogen) atoms. The van der Waals surface area contributed by atoms with E-state index in [4.69, 9.17) is 14.5 Å². The number of hydrogen-bond donors (Lipinski definition) is 0. The van der Waals surface area contributed by atoms with Crippen LogP contribution in [0.1, 0.15) is 87.8 Å². The van der Waals surface area contributed by atoms with Crippen LogP contribution in [0.5, 0.6) is 0 Å². The summed E-state index contributed by atoms with van der Waals surface area (Å²) >= 11 is 0. The Balaban J connectivity index is 1.36. The summed E-state index contributed by atoms with van der Waals surface area (Å²) in [7, 11) is 0. The minimum atomic E-state index is -0.290. The molecule has 4 aliphatic rings. The number of rotatable bonds is 4. The van der Waals surface area contributed by atoms with Crippen LogP contribution in [0.25, 0.3) is 11.3 Å². The second-order valence-corrected chi connectivity index (χ2v) is 12.4. The van der Waals surface area contributed by atoms with Gasteiger partial charge in [-0.1, -0.05) is 55.8 Å². The summed E-state index contributed by atoms with van der Waals surface area (Å²) in [6.07, 6.45) is 9.76. The van der Waals surface area contributed by atoms with Crippen molar-refractivity contribution in [2.24, 2.45) is 23.2 Å². The van der Waals surface area contributed by atoms with Crippen molar-refractivity contribution in [2.45, 2.75) is 84.2 Å². The van der Waals surface area contributed by atoms with Crippen LogP contribution in [-0.4, -0.2) is 29.6 Å². The normalized spacial score (nSPS) is 33.2. The van der Waals surface area contributed by atoms with Gasteiger partial charge in [0, 0.05) is 24.3 Å². The molecule has 6 atom stereocenters. The second kappa shape index (κ2) is 9.36. The molecule has 0 saturated heterocycles. The highest BCUT2D eigenvalue weighted by Gasteiger charge is 2.58. The number of allylic oxidation sites excluding steroid dienone is 1. The zero-order valence-corrected chi connectivity index (χ0v) is 23.1. The van der Waals surface area contributed by atoms with E-state index in [9.17, 15) is 9.59 Å². The number of esters is 2. The van der Waals surface area contributed by atoms with Gasteiger partial charge in [0.1, 0.15) is 6.10 Å². The molecule has 200 valence electrons. The Morgan fingerprint density at radius 1 is 1.03 bits per heavy atom. The second-order valence-electron chi connectivity index (χ2n) is 12.4. The highest BCUT2D eigenvalue weighted by molar-refractivity contribution is 5.96. The van der Waals surface area contributed by atoms with E-state index in [0.717, 1.165) is 49.8 Å². The summed E-state index contributed by atoms with van der Waals surface area (Å²) in [5.74, 6) is 1.27. The zero-order chi connectivity index (χ0) is 26.7. The lowest BCUT2D eigenvalue weighted by atomic mass is 9.48. The van der Waals surface area contributed by atoms with Crippen LogP contribution < -0.4 is 0 Å². The van der Waals surface area contributed by atoms with Crippen molar-refractivity contribution in [3.8, 4) is 11.3 Å². The zero-order valence-electron chi connectivity index (χ0n) is 23.1. The number of carbonyl (C=O) groups is 2. The van der Waals surface area contributed by atoms with E-state index in [1.807, 2.05) is 37.3 Å². The lowest BCUT2D eigenvalue weighted by Gasteiger charge is -2.57. The van der Waals surface area contributed by atoms with Gasteiger partial charge in [0.2, 0.25) is 0 Å². The van der Waals surface area contributed by atoms with E-state index in [0.29, 0.717) is 29.9 Å². The number of hydrogen-bond acceptors (Lipinski definition) is 5. The minimum absolute atomic E-state index is 0.00384. The third-order valence-corrected chi connectivity index (χ3v) is 10.4. The van der Waals surface area contributed by atoms with Crippen LogP contribution in [0.3, 0.4) is 0 Å². The van der Waals surface area contributed by atoms with E-state index in [1.165, 1.54) is 30.2 Å². The summed E-state index contributed by atoms with van der Waals surface area (Å²) in [5.41, 5.74) is 6.38. The van der Waals surface area contributed by atoms with E-state index >= 15 is 0 Å². The van der Waals surface area contributed by atoms with Gasteiger partial charge >= 0.3 is 11.9 Å². The van der Waals surface area contributed by atoms with Gasteiger partial charge in [-0.05, 0) is 80.2 Å². The van der Waals surface area contributed by atoms with Crippen LogP contribution in [0.2, 0.25) is 0 Å². The molecule has 2 aromatic rings. The number of ether oxygens (including phenoxy) is 2. The van der Waals surface area contributed by atoms with Gasteiger partial charge in [0.05, 0.1) is 23.6 Å². The SMILES string of the molecule is CCOC(=O)c1cc2c(nc1-c1ccccc1)[C@]1(C)CC[C@@H]3[C@H](CC=C4C[C@H](OC(C)=O)CC[C@]43C)[C@H]1C2. The van der Waals surface area contributed by atoms with Crippen molar-refractivity contribution < 1.29 is 19.1 Å². The molecule has 2 saturated carbocycles. The van der Waals surface area contributed by atoms with Gasteiger partial charge in [-0.3, -0.25) is 9.78 Å². The first kappa shape index (κ1) is 25.3. The van der Waals surface area contributed by atoms with E-state index in [1.54, 1.807) is 0 Å². The van der Waals surface area contributed by atoms with Crippen molar-refractivity contribution >= 4 is 11.9 Å². The molecule has 0 spiro atoms. The molecule has 1 aromatic carbocycles. The van der Waals surface area contributed by atoms with Crippen LogP contribution in [-0.2, 0) is 26.1 Å². The van der Waals surface area contributed by atoms with Crippen LogP contribution in [0.15, 0.2) is 48.0 Å². The number of fused-ring (bicyclic) bond motifs is 7. The maximum atomic E-state index is 13.1. The van der Waals surface area contributed by atoms with Crippen LogP contribution in [0, 0.1) is 23.2 Å². The molecular weight excluding hydrogens is 474 g/mol.